The molecule has 1 heterocycles. The lowest BCUT2D eigenvalue weighted by atomic mass is 10.1. The summed E-state index contributed by atoms with van der Waals surface area (Å²) in [7, 11) is 0. The minimum Gasteiger partial charge on any atom is -0.392 e. The van der Waals surface area contributed by atoms with Gasteiger partial charge in [0.1, 0.15) is 0 Å². The predicted molar refractivity (Wildman–Crippen MR) is 95.2 cm³/mol. The van der Waals surface area contributed by atoms with Crippen LogP contribution in [0.3, 0.4) is 0 Å². The molecule has 0 aromatic heterocycles. The SMILES string of the molecule is Cc1cc(N2CCCC2)ccc1NC(=O)N(CC(C)O)C(C)C. The summed E-state index contributed by atoms with van der Waals surface area (Å²) in [6.45, 7) is 10.2. The first-order valence-corrected chi connectivity index (χ1v) is 8.49. The van der Waals surface area contributed by atoms with E-state index in [0.29, 0.717) is 6.54 Å². The van der Waals surface area contributed by atoms with Crippen molar-refractivity contribution in [1.29, 1.82) is 0 Å². The quantitative estimate of drug-likeness (QED) is 0.876. The highest BCUT2D eigenvalue weighted by molar-refractivity contribution is 5.90. The van der Waals surface area contributed by atoms with Crippen molar-refractivity contribution in [3.8, 4) is 0 Å². The van der Waals surface area contributed by atoms with E-state index in [1.165, 1.54) is 18.5 Å². The first kappa shape index (κ1) is 17.6. The number of aliphatic hydroxyl groups is 1. The topological polar surface area (TPSA) is 55.8 Å². The van der Waals surface area contributed by atoms with Gasteiger partial charge in [-0.25, -0.2) is 4.79 Å². The molecule has 2 N–H and O–H groups in total. The van der Waals surface area contributed by atoms with Crippen molar-refractivity contribution in [3.63, 3.8) is 0 Å². The zero-order valence-electron chi connectivity index (χ0n) is 14.7. The summed E-state index contributed by atoms with van der Waals surface area (Å²) in [5.41, 5.74) is 3.11. The van der Waals surface area contributed by atoms with Gasteiger partial charge < -0.3 is 20.2 Å². The first-order chi connectivity index (χ1) is 10.9. The lowest BCUT2D eigenvalue weighted by molar-refractivity contribution is 0.125. The smallest absolute Gasteiger partial charge is 0.322 e. The number of carbonyl (C=O) groups is 1. The van der Waals surface area contributed by atoms with Crippen molar-refractivity contribution >= 4 is 17.4 Å². The lowest BCUT2D eigenvalue weighted by Crippen LogP contribution is -2.43. The van der Waals surface area contributed by atoms with Crippen LogP contribution in [-0.4, -0.2) is 47.8 Å². The minimum absolute atomic E-state index is 0.0359. The maximum Gasteiger partial charge on any atom is 0.322 e. The van der Waals surface area contributed by atoms with Crippen molar-refractivity contribution in [2.45, 2.75) is 52.7 Å². The summed E-state index contributed by atoms with van der Waals surface area (Å²) >= 11 is 0. The molecule has 128 valence electrons. The standard InChI is InChI=1S/C18H29N3O2/c1-13(2)21(12-15(4)22)18(23)19-17-8-7-16(11-14(17)3)20-9-5-6-10-20/h7-8,11,13,15,22H,5-6,9-10,12H2,1-4H3,(H,19,23). The van der Waals surface area contributed by atoms with Crippen LogP contribution >= 0.6 is 0 Å². The number of rotatable bonds is 5. The van der Waals surface area contributed by atoms with Crippen LogP contribution in [-0.2, 0) is 0 Å². The second kappa shape index (κ2) is 7.68. The summed E-state index contributed by atoms with van der Waals surface area (Å²) in [5, 5.41) is 12.5. The largest absolute Gasteiger partial charge is 0.392 e. The van der Waals surface area contributed by atoms with Crippen LogP contribution in [0.2, 0.25) is 0 Å². The Balaban J connectivity index is 2.07. The Bertz CT molecular complexity index is 537. The zero-order chi connectivity index (χ0) is 17.0. The molecule has 1 aromatic rings. The lowest BCUT2D eigenvalue weighted by Gasteiger charge is -2.28. The van der Waals surface area contributed by atoms with Gasteiger partial charge in [0.25, 0.3) is 0 Å². The molecule has 0 bridgehead atoms. The fourth-order valence-corrected chi connectivity index (χ4v) is 2.96. The molecule has 2 amide bonds. The van der Waals surface area contributed by atoms with E-state index in [1.807, 2.05) is 26.8 Å². The average molecular weight is 319 g/mol. The van der Waals surface area contributed by atoms with Crippen LogP contribution in [0, 0.1) is 6.92 Å². The van der Waals surface area contributed by atoms with Crippen molar-refractivity contribution in [2.75, 3.05) is 29.9 Å². The second-order valence-electron chi connectivity index (χ2n) is 6.72. The summed E-state index contributed by atoms with van der Waals surface area (Å²) in [6.07, 6.45) is 1.96. The van der Waals surface area contributed by atoms with Crippen LogP contribution in [0.15, 0.2) is 18.2 Å². The summed E-state index contributed by atoms with van der Waals surface area (Å²) in [6, 6.07) is 6.05. The third-order valence-electron chi connectivity index (χ3n) is 4.27. The monoisotopic (exact) mass is 319 g/mol. The van der Waals surface area contributed by atoms with Crippen LogP contribution in [0.25, 0.3) is 0 Å². The number of urea groups is 1. The second-order valence-corrected chi connectivity index (χ2v) is 6.72. The molecule has 1 saturated heterocycles. The first-order valence-electron chi connectivity index (χ1n) is 8.49. The number of benzene rings is 1. The Morgan fingerprint density at radius 2 is 1.96 bits per heavy atom. The van der Waals surface area contributed by atoms with Gasteiger partial charge in [-0.05, 0) is 64.3 Å². The molecular weight excluding hydrogens is 290 g/mol. The van der Waals surface area contributed by atoms with Gasteiger partial charge >= 0.3 is 6.03 Å². The van der Waals surface area contributed by atoms with E-state index in [2.05, 4.69) is 22.3 Å². The van der Waals surface area contributed by atoms with Crippen molar-refractivity contribution in [1.82, 2.24) is 4.90 Å². The number of anilines is 2. The molecular formula is C18H29N3O2. The van der Waals surface area contributed by atoms with Gasteiger partial charge in [-0.15, -0.1) is 0 Å². The molecule has 1 unspecified atom stereocenters. The van der Waals surface area contributed by atoms with Gasteiger partial charge in [-0.2, -0.15) is 0 Å². The Morgan fingerprint density at radius 3 is 2.48 bits per heavy atom. The molecule has 0 radical (unpaired) electrons. The van der Waals surface area contributed by atoms with Crippen LogP contribution in [0.4, 0.5) is 16.2 Å². The maximum absolute atomic E-state index is 12.5. The molecule has 1 atom stereocenters. The number of aliphatic hydroxyl groups excluding tert-OH is 1. The molecule has 23 heavy (non-hydrogen) atoms. The molecule has 1 fully saturated rings. The average Bonchev–Trinajstić information content (AvgIpc) is 3.00. The molecule has 0 spiro atoms. The highest BCUT2D eigenvalue weighted by atomic mass is 16.3. The Kier molecular flexibility index (Phi) is 5.88. The summed E-state index contributed by atoms with van der Waals surface area (Å²) < 4.78 is 0. The highest BCUT2D eigenvalue weighted by Crippen LogP contribution is 2.25. The van der Waals surface area contributed by atoms with E-state index in [-0.39, 0.29) is 12.1 Å². The number of amides is 2. The van der Waals surface area contributed by atoms with E-state index in [1.54, 1.807) is 11.8 Å². The van der Waals surface area contributed by atoms with Gasteiger partial charge in [0.15, 0.2) is 0 Å². The van der Waals surface area contributed by atoms with Crippen LogP contribution in [0.5, 0.6) is 0 Å². The number of nitrogens with zero attached hydrogens (tertiary/aromatic N) is 2. The van der Waals surface area contributed by atoms with Crippen LogP contribution < -0.4 is 10.2 Å². The Morgan fingerprint density at radius 1 is 1.30 bits per heavy atom. The number of carbonyl (C=O) groups excluding carboxylic acids is 1. The Hall–Kier alpha value is -1.75. The Labute approximate surface area is 139 Å². The molecule has 5 heteroatoms. The fourth-order valence-electron chi connectivity index (χ4n) is 2.96. The molecule has 1 aromatic carbocycles. The zero-order valence-corrected chi connectivity index (χ0v) is 14.7. The summed E-state index contributed by atoms with van der Waals surface area (Å²) in [5.74, 6) is 0. The van der Waals surface area contributed by atoms with Gasteiger partial charge in [0, 0.05) is 37.1 Å². The predicted octanol–water partition coefficient (Wildman–Crippen LogP) is 3.22. The van der Waals surface area contributed by atoms with Gasteiger partial charge in [0.05, 0.1) is 6.10 Å². The molecule has 1 aliphatic heterocycles. The number of hydrogen-bond donors (Lipinski definition) is 2. The fraction of sp³-hybridized carbons (Fsp3) is 0.611. The van der Waals surface area contributed by atoms with Crippen molar-refractivity contribution in [2.24, 2.45) is 0 Å². The van der Waals surface area contributed by atoms with E-state index in [0.717, 1.165) is 24.3 Å². The molecule has 0 saturated carbocycles. The number of nitrogens with one attached hydrogen (secondary N) is 1. The van der Waals surface area contributed by atoms with E-state index >= 15 is 0 Å². The minimum atomic E-state index is -0.540. The normalized spacial score (nSPS) is 15.8. The number of hydrogen-bond acceptors (Lipinski definition) is 3. The summed E-state index contributed by atoms with van der Waals surface area (Å²) in [4.78, 5) is 16.5. The van der Waals surface area contributed by atoms with Crippen LogP contribution in [0.1, 0.15) is 39.2 Å². The van der Waals surface area contributed by atoms with E-state index in [4.69, 9.17) is 0 Å². The van der Waals surface area contributed by atoms with Gasteiger partial charge in [0.2, 0.25) is 0 Å². The van der Waals surface area contributed by atoms with E-state index in [9.17, 15) is 9.90 Å². The van der Waals surface area contributed by atoms with Crippen molar-refractivity contribution in [3.05, 3.63) is 23.8 Å². The van der Waals surface area contributed by atoms with Gasteiger partial charge in [-0.3, -0.25) is 0 Å². The molecule has 2 rings (SSSR count). The third kappa shape index (κ3) is 4.61. The molecule has 1 aliphatic rings. The maximum atomic E-state index is 12.5. The molecule has 5 nitrogen and oxygen atoms in total. The van der Waals surface area contributed by atoms with E-state index < -0.39 is 6.10 Å². The third-order valence-corrected chi connectivity index (χ3v) is 4.27. The highest BCUT2D eigenvalue weighted by Gasteiger charge is 2.20. The molecule has 0 aliphatic carbocycles. The van der Waals surface area contributed by atoms with Crippen molar-refractivity contribution < 1.29 is 9.90 Å². The van der Waals surface area contributed by atoms with Gasteiger partial charge in [-0.1, -0.05) is 0 Å². The number of aryl methyl sites for hydroxylation is 1.